The number of carbonyl (C=O) groups is 1. The van der Waals surface area contributed by atoms with E-state index in [2.05, 4.69) is 15.6 Å². The predicted octanol–water partition coefficient (Wildman–Crippen LogP) is 5.39. The van der Waals surface area contributed by atoms with Gasteiger partial charge in [-0.1, -0.05) is 23.2 Å². The molecule has 132 valence electrons. The molecule has 0 saturated carbocycles. The highest BCUT2D eigenvalue weighted by atomic mass is 35.5. The third-order valence-electron chi connectivity index (χ3n) is 3.56. The van der Waals surface area contributed by atoms with Crippen molar-refractivity contribution in [3.63, 3.8) is 0 Å². The van der Waals surface area contributed by atoms with Gasteiger partial charge in [-0.15, -0.1) is 0 Å². The van der Waals surface area contributed by atoms with Gasteiger partial charge in [-0.3, -0.25) is 9.78 Å². The Kier molecular flexibility index (Phi) is 5.61. The molecule has 0 saturated heterocycles. The monoisotopic (exact) mass is 387 g/mol. The van der Waals surface area contributed by atoms with Gasteiger partial charge in [0.1, 0.15) is 5.75 Å². The molecule has 0 bridgehead atoms. The molecule has 1 amide bonds. The van der Waals surface area contributed by atoms with E-state index in [4.69, 9.17) is 27.9 Å². The fourth-order valence-electron chi connectivity index (χ4n) is 2.26. The topological polar surface area (TPSA) is 63.2 Å². The van der Waals surface area contributed by atoms with Gasteiger partial charge in [-0.2, -0.15) is 0 Å². The van der Waals surface area contributed by atoms with Gasteiger partial charge in [0.2, 0.25) is 0 Å². The lowest BCUT2D eigenvalue weighted by atomic mass is 10.2. The summed E-state index contributed by atoms with van der Waals surface area (Å²) in [7, 11) is 1.61. The van der Waals surface area contributed by atoms with E-state index in [0.29, 0.717) is 27.0 Å². The van der Waals surface area contributed by atoms with Crippen LogP contribution in [0.1, 0.15) is 10.4 Å². The minimum Gasteiger partial charge on any atom is -0.497 e. The van der Waals surface area contributed by atoms with E-state index in [1.165, 1.54) is 6.20 Å². The van der Waals surface area contributed by atoms with Crippen LogP contribution in [0.5, 0.6) is 5.75 Å². The summed E-state index contributed by atoms with van der Waals surface area (Å²) in [5.41, 5.74) is 2.36. The zero-order valence-electron chi connectivity index (χ0n) is 13.8. The van der Waals surface area contributed by atoms with E-state index in [-0.39, 0.29) is 5.91 Å². The summed E-state index contributed by atoms with van der Waals surface area (Å²) in [4.78, 5) is 16.6. The summed E-state index contributed by atoms with van der Waals surface area (Å²) in [5, 5.41) is 6.81. The van der Waals surface area contributed by atoms with Crippen molar-refractivity contribution in [1.82, 2.24) is 4.98 Å². The van der Waals surface area contributed by atoms with Gasteiger partial charge >= 0.3 is 0 Å². The Morgan fingerprint density at radius 3 is 2.50 bits per heavy atom. The Labute approximate surface area is 160 Å². The van der Waals surface area contributed by atoms with Crippen molar-refractivity contribution in [2.24, 2.45) is 0 Å². The van der Waals surface area contributed by atoms with E-state index in [0.717, 1.165) is 11.4 Å². The Morgan fingerprint density at radius 1 is 1.00 bits per heavy atom. The largest absolute Gasteiger partial charge is 0.497 e. The molecule has 26 heavy (non-hydrogen) atoms. The Bertz CT molecular complexity index is 930. The standard InChI is InChI=1S/C19H15Cl2N3O2/c1-26-16-5-3-14(4-6-16)23-15-8-12(10-22-11-15)19(25)24-18-9-13(20)2-7-17(18)21/h2-11,23H,1H3,(H,24,25). The first-order valence-corrected chi connectivity index (χ1v) is 8.43. The minimum absolute atomic E-state index is 0.333. The molecule has 3 aromatic rings. The number of hydrogen-bond acceptors (Lipinski definition) is 4. The van der Waals surface area contributed by atoms with Gasteiger partial charge in [0.25, 0.3) is 5.91 Å². The van der Waals surface area contributed by atoms with Crippen molar-refractivity contribution in [1.29, 1.82) is 0 Å². The number of amides is 1. The maximum Gasteiger partial charge on any atom is 0.257 e. The van der Waals surface area contributed by atoms with E-state index in [1.54, 1.807) is 37.6 Å². The molecular formula is C19H15Cl2N3O2. The van der Waals surface area contributed by atoms with Crippen LogP contribution in [0.3, 0.4) is 0 Å². The summed E-state index contributed by atoms with van der Waals surface area (Å²) < 4.78 is 5.13. The highest BCUT2D eigenvalue weighted by Gasteiger charge is 2.10. The third kappa shape index (κ3) is 4.45. The second kappa shape index (κ2) is 8.08. The second-order valence-corrected chi connectivity index (χ2v) is 6.24. The lowest BCUT2D eigenvalue weighted by molar-refractivity contribution is 0.102. The molecule has 2 aromatic carbocycles. The smallest absolute Gasteiger partial charge is 0.257 e. The molecule has 0 radical (unpaired) electrons. The van der Waals surface area contributed by atoms with Crippen LogP contribution in [0.25, 0.3) is 0 Å². The van der Waals surface area contributed by atoms with Crippen LogP contribution < -0.4 is 15.4 Å². The molecule has 7 heteroatoms. The SMILES string of the molecule is COc1ccc(Nc2cncc(C(=O)Nc3cc(Cl)ccc3Cl)c2)cc1. The highest BCUT2D eigenvalue weighted by Crippen LogP contribution is 2.26. The number of aromatic nitrogens is 1. The van der Waals surface area contributed by atoms with E-state index < -0.39 is 0 Å². The number of benzene rings is 2. The van der Waals surface area contributed by atoms with Crippen molar-refractivity contribution in [3.8, 4) is 5.75 Å². The van der Waals surface area contributed by atoms with Crippen LogP contribution in [-0.2, 0) is 0 Å². The molecular weight excluding hydrogens is 373 g/mol. The van der Waals surface area contributed by atoms with Gasteiger partial charge in [0, 0.05) is 16.9 Å². The zero-order valence-corrected chi connectivity index (χ0v) is 15.3. The Hall–Kier alpha value is -2.76. The average molecular weight is 388 g/mol. The Balaban J connectivity index is 1.75. The van der Waals surface area contributed by atoms with E-state index in [9.17, 15) is 4.79 Å². The van der Waals surface area contributed by atoms with Gasteiger partial charge in [-0.25, -0.2) is 0 Å². The molecule has 3 rings (SSSR count). The van der Waals surface area contributed by atoms with Crippen LogP contribution in [0.2, 0.25) is 10.0 Å². The molecule has 0 fully saturated rings. The number of pyridine rings is 1. The van der Waals surface area contributed by atoms with Crippen molar-refractivity contribution < 1.29 is 9.53 Å². The van der Waals surface area contributed by atoms with Crippen molar-refractivity contribution in [2.75, 3.05) is 17.7 Å². The summed E-state index contributed by atoms with van der Waals surface area (Å²) in [6, 6.07) is 14.0. The summed E-state index contributed by atoms with van der Waals surface area (Å²) >= 11 is 12.0. The van der Waals surface area contributed by atoms with Crippen LogP contribution in [0.15, 0.2) is 60.9 Å². The molecule has 1 heterocycles. The molecule has 0 aliphatic heterocycles. The summed E-state index contributed by atoms with van der Waals surface area (Å²) in [5.74, 6) is 0.431. The fourth-order valence-corrected chi connectivity index (χ4v) is 2.60. The highest BCUT2D eigenvalue weighted by molar-refractivity contribution is 6.35. The van der Waals surface area contributed by atoms with Gasteiger partial charge in [-0.05, 0) is 48.5 Å². The average Bonchev–Trinajstić information content (AvgIpc) is 2.65. The molecule has 0 unspecified atom stereocenters. The first-order valence-electron chi connectivity index (χ1n) is 7.67. The first-order chi connectivity index (χ1) is 12.5. The molecule has 2 N–H and O–H groups in total. The Morgan fingerprint density at radius 2 is 1.77 bits per heavy atom. The quantitative estimate of drug-likeness (QED) is 0.615. The van der Waals surface area contributed by atoms with Crippen LogP contribution in [0.4, 0.5) is 17.1 Å². The van der Waals surface area contributed by atoms with Crippen LogP contribution in [0, 0.1) is 0 Å². The number of rotatable bonds is 5. The molecule has 0 aliphatic rings. The molecule has 0 spiro atoms. The normalized spacial score (nSPS) is 10.3. The van der Waals surface area contributed by atoms with Crippen molar-refractivity contribution in [2.45, 2.75) is 0 Å². The third-order valence-corrected chi connectivity index (χ3v) is 4.12. The van der Waals surface area contributed by atoms with Gasteiger partial charge in [0.05, 0.1) is 35.3 Å². The number of carbonyl (C=O) groups excluding carboxylic acids is 1. The first kappa shape index (κ1) is 18.0. The van der Waals surface area contributed by atoms with Crippen LogP contribution >= 0.6 is 23.2 Å². The van der Waals surface area contributed by atoms with Crippen molar-refractivity contribution in [3.05, 3.63) is 76.5 Å². The lowest BCUT2D eigenvalue weighted by Crippen LogP contribution is -2.12. The summed E-state index contributed by atoms with van der Waals surface area (Å²) in [6.45, 7) is 0. The van der Waals surface area contributed by atoms with Gasteiger partial charge in [0.15, 0.2) is 0 Å². The predicted molar refractivity (Wildman–Crippen MR) is 105 cm³/mol. The number of methoxy groups -OCH3 is 1. The number of halogens is 2. The van der Waals surface area contributed by atoms with Gasteiger partial charge < -0.3 is 15.4 Å². The van der Waals surface area contributed by atoms with Crippen molar-refractivity contribution >= 4 is 46.2 Å². The number of anilines is 3. The maximum atomic E-state index is 12.5. The number of nitrogens with one attached hydrogen (secondary N) is 2. The molecule has 0 aliphatic carbocycles. The molecule has 1 aromatic heterocycles. The van der Waals surface area contributed by atoms with Crippen LogP contribution in [-0.4, -0.2) is 18.0 Å². The minimum atomic E-state index is -0.333. The fraction of sp³-hybridized carbons (Fsp3) is 0.0526. The van der Waals surface area contributed by atoms with E-state index >= 15 is 0 Å². The molecule has 0 atom stereocenters. The zero-order chi connectivity index (χ0) is 18.5. The molecule has 5 nitrogen and oxygen atoms in total. The number of hydrogen-bond donors (Lipinski definition) is 2. The summed E-state index contributed by atoms with van der Waals surface area (Å²) in [6.07, 6.45) is 3.11. The maximum absolute atomic E-state index is 12.5. The number of ether oxygens (including phenoxy) is 1. The number of nitrogens with zero attached hydrogens (tertiary/aromatic N) is 1. The second-order valence-electron chi connectivity index (χ2n) is 5.39. The van der Waals surface area contributed by atoms with E-state index in [1.807, 2.05) is 24.3 Å². The lowest BCUT2D eigenvalue weighted by Gasteiger charge is -2.10.